The number of terminal acetylenes is 1. The lowest BCUT2D eigenvalue weighted by molar-refractivity contribution is 0.610. The van der Waals surface area contributed by atoms with Gasteiger partial charge in [0.25, 0.3) is 0 Å². The minimum atomic E-state index is -0.349. The molecule has 0 unspecified atom stereocenters. The van der Waals surface area contributed by atoms with Gasteiger partial charge in [0, 0.05) is 53.4 Å². The second kappa shape index (κ2) is 14.9. The molecule has 38 heavy (non-hydrogen) atoms. The maximum atomic E-state index is 15.8. The zero-order chi connectivity index (χ0) is 28.1. The Kier molecular flexibility index (Phi) is 11.7. The normalized spacial score (nSPS) is 12.0. The lowest BCUT2D eigenvalue weighted by Gasteiger charge is -2.13. The highest BCUT2D eigenvalue weighted by molar-refractivity contribution is 5.80. The number of H-pyrrole nitrogens is 1. The summed E-state index contributed by atoms with van der Waals surface area (Å²) >= 11 is 0. The van der Waals surface area contributed by atoms with Crippen molar-refractivity contribution in [3.8, 4) is 12.8 Å². The van der Waals surface area contributed by atoms with Gasteiger partial charge in [0.15, 0.2) is 0 Å². The van der Waals surface area contributed by atoms with Crippen LogP contribution in [0.5, 0.6) is 0 Å². The van der Waals surface area contributed by atoms with Gasteiger partial charge < -0.3 is 16.0 Å². The number of nitrogens with one attached hydrogen (secondary N) is 2. The van der Waals surface area contributed by atoms with E-state index in [1.807, 2.05) is 51.1 Å². The number of allylic oxidation sites excluding steroid dienone is 5. The highest BCUT2D eigenvalue weighted by atomic mass is 19.1. The molecule has 0 bridgehead atoms. The maximum Gasteiger partial charge on any atom is 0.136 e. The van der Waals surface area contributed by atoms with Crippen molar-refractivity contribution in [3.05, 3.63) is 125 Å². The molecule has 0 spiro atoms. The molecule has 0 aliphatic heterocycles. The number of imidazole rings is 1. The number of rotatable bonds is 11. The standard InChI is InChI=1S/C30H34FN5.C2H2/c1-6-10-25(23-13-15-34-16-14-23)30-20(5)35-28(36-30)18-26-27(32)12-11-24(29(26)31)22(8-3)17-21(7-2)19-33-9-4;1-2/h6-8,10-17,33H,1-2,9,18-19,32H2,3-5H3,(H,35,36);1-2H/b21-17+,22-8+,25-10-;. The molecule has 5 nitrogen and oxygen atoms in total. The summed E-state index contributed by atoms with van der Waals surface area (Å²) in [7, 11) is 0. The van der Waals surface area contributed by atoms with Gasteiger partial charge in [-0.15, -0.1) is 12.8 Å². The first-order chi connectivity index (χ1) is 18.4. The summed E-state index contributed by atoms with van der Waals surface area (Å²) in [6.07, 6.45) is 21.0. The lowest BCUT2D eigenvalue weighted by Crippen LogP contribution is -2.15. The molecule has 2 aromatic heterocycles. The molecule has 0 radical (unpaired) electrons. The average molecular weight is 510 g/mol. The quantitative estimate of drug-likeness (QED) is 0.158. The van der Waals surface area contributed by atoms with Crippen molar-refractivity contribution in [1.29, 1.82) is 0 Å². The molecule has 0 fully saturated rings. The number of aromatic nitrogens is 3. The van der Waals surface area contributed by atoms with Gasteiger partial charge in [-0.05, 0) is 61.4 Å². The van der Waals surface area contributed by atoms with Crippen molar-refractivity contribution in [2.24, 2.45) is 0 Å². The predicted octanol–water partition coefficient (Wildman–Crippen LogP) is 6.42. The number of nitrogens with zero attached hydrogens (tertiary/aromatic N) is 2. The Hall–Kier alpha value is -4.47. The van der Waals surface area contributed by atoms with Crippen molar-refractivity contribution in [2.45, 2.75) is 27.2 Å². The summed E-state index contributed by atoms with van der Waals surface area (Å²) in [5.74, 6) is 0.281. The number of hydrogen-bond donors (Lipinski definition) is 3. The Morgan fingerprint density at radius 3 is 2.50 bits per heavy atom. The number of nitrogen functional groups attached to an aromatic ring is 1. The fourth-order valence-corrected chi connectivity index (χ4v) is 4.00. The summed E-state index contributed by atoms with van der Waals surface area (Å²) in [5, 5.41) is 3.28. The monoisotopic (exact) mass is 509 g/mol. The Balaban J connectivity index is 0.00000247. The third-order valence-electron chi connectivity index (χ3n) is 5.89. The van der Waals surface area contributed by atoms with E-state index in [0.717, 1.165) is 40.2 Å². The van der Waals surface area contributed by atoms with Crippen LogP contribution >= 0.6 is 0 Å². The number of halogens is 1. The third kappa shape index (κ3) is 7.28. The molecular weight excluding hydrogens is 473 g/mol. The first kappa shape index (κ1) is 29.8. The Bertz CT molecular complexity index is 1360. The van der Waals surface area contributed by atoms with E-state index < -0.39 is 0 Å². The van der Waals surface area contributed by atoms with Crippen LogP contribution in [0.1, 0.15) is 47.8 Å². The minimum Gasteiger partial charge on any atom is -0.398 e. The first-order valence-electron chi connectivity index (χ1n) is 12.3. The number of pyridine rings is 1. The molecule has 1 aromatic carbocycles. The molecule has 3 aromatic rings. The van der Waals surface area contributed by atoms with Crippen molar-refractivity contribution in [2.75, 3.05) is 18.8 Å². The second-order valence-electron chi connectivity index (χ2n) is 8.33. The highest BCUT2D eigenvalue weighted by Gasteiger charge is 2.18. The largest absolute Gasteiger partial charge is 0.398 e. The number of nitrogens with two attached hydrogens (primary N) is 1. The van der Waals surface area contributed by atoms with Crippen LogP contribution in [0.2, 0.25) is 0 Å². The zero-order valence-electron chi connectivity index (χ0n) is 22.4. The number of aromatic amines is 1. The Morgan fingerprint density at radius 1 is 1.18 bits per heavy atom. The fourth-order valence-electron chi connectivity index (χ4n) is 4.00. The van der Waals surface area contributed by atoms with Gasteiger partial charge in [-0.1, -0.05) is 50.5 Å². The number of hydrogen-bond acceptors (Lipinski definition) is 4. The maximum absolute atomic E-state index is 15.8. The topological polar surface area (TPSA) is 79.6 Å². The molecule has 0 saturated heterocycles. The van der Waals surface area contributed by atoms with Crippen LogP contribution in [0.15, 0.2) is 85.8 Å². The number of benzene rings is 1. The molecule has 0 atom stereocenters. The predicted molar refractivity (Wildman–Crippen MR) is 159 cm³/mol. The van der Waals surface area contributed by atoms with Crippen LogP contribution in [0.25, 0.3) is 11.1 Å². The smallest absolute Gasteiger partial charge is 0.136 e. The molecule has 2 heterocycles. The van der Waals surface area contributed by atoms with Crippen LogP contribution in [0, 0.1) is 25.6 Å². The van der Waals surface area contributed by atoms with Crippen LogP contribution in [0.4, 0.5) is 10.1 Å². The number of anilines is 1. The SMILES string of the molecule is C#C.C=C/C=C(/c1ccncc1)c1nc(Cc2c(N)ccc(C(/C=C(\C=C)CNCC)=C/C)c2F)[nH]c1C. The molecule has 0 aliphatic rings. The van der Waals surface area contributed by atoms with Crippen molar-refractivity contribution in [3.63, 3.8) is 0 Å². The summed E-state index contributed by atoms with van der Waals surface area (Å²) in [5.41, 5.74) is 12.8. The molecule has 0 saturated carbocycles. The molecule has 6 heteroatoms. The van der Waals surface area contributed by atoms with Crippen molar-refractivity contribution < 1.29 is 4.39 Å². The van der Waals surface area contributed by atoms with E-state index in [1.165, 1.54) is 0 Å². The van der Waals surface area contributed by atoms with Crippen molar-refractivity contribution >= 4 is 16.8 Å². The minimum absolute atomic E-state index is 0.233. The van der Waals surface area contributed by atoms with E-state index in [9.17, 15) is 0 Å². The fraction of sp³-hybridized carbons (Fsp3) is 0.188. The van der Waals surface area contributed by atoms with E-state index in [1.54, 1.807) is 36.7 Å². The molecule has 0 amide bonds. The summed E-state index contributed by atoms with van der Waals surface area (Å²) in [4.78, 5) is 12.2. The summed E-state index contributed by atoms with van der Waals surface area (Å²) in [6, 6.07) is 7.31. The summed E-state index contributed by atoms with van der Waals surface area (Å²) < 4.78 is 15.8. The third-order valence-corrected chi connectivity index (χ3v) is 5.89. The van der Waals surface area contributed by atoms with E-state index in [2.05, 4.69) is 41.3 Å². The van der Waals surface area contributed by atoms with Crippen LogP contribution in [-0.4, -0.2) is 28.0 Å². The number of aryl methyl sites for hydroxylation is 1. The van der Waals surface area contributed by atoms with E-state index in [4.69, 9.17) is 10.7 Å². The van der Waals surface area contributed by atoms with Crippen molar-refractivity contribution in [1.82, 2.24) is 20.3 Å². The van der Waals surface area contributed by atoms with Gasteiger partial charge in [-0.25, -0.2) is 9.37 Å². The first-order valence-corrected chi connectivity index (χ1v) is 12.3. The van der Waals surface area contributed by atoms with Crippen LogP contribution in [0.3, 0.4) is 0 Å². The molecule has 0 aliphatic carbocycles. The summed E-state index contributed by atoms with van der Waals surface area (Å²) in [6.45, 7) is 15.1. The Labute approximate surface area is 225 Å². The van der Waals surface area contributed by atoms with Crippen LogP contribution < -0.4 is 11.1 Å². The van der Waals surface area contributed by atoms with Gasteiger partial charge in [0.2, 0.25) is 0 Å². The average Bonchev–Trinajstić information content (AvgIpc) is 3.31. The molecule has 196 valence electrons. The second-order valence-corrected chi connectivity index (χ2v) is 8.33. The molecule has 4 N–H and O–H groups in total. The van der Waals surface area contributed by atoms with Gasteiger partial charge in [-0.3, -0.25) is 4.98 Å². The van der Waals surface area contributed by atoms with E-state index in [-0.39, 0.29) is 12.2 Å². The Morgan fingerprint density at radius 2 is 1.89 bits per heavy atom. The van der Waals surface area contributed by atoms with Gasteiger partial charge in [0.05, 0.1) is 5.69 Å². The zero-order valence-corrected chi connectivity index (χ0v) is 22.4. The van der Waals surface area contributed by atoms with Crippen LogP contribution in [-0.2, 0) is 6.42 Å². The number of likely N-dealkylation sites (N-methyl/N-ethyl adjacent to an activating group) is 1. The van der Waals surface area contributed by atoms with E-state index in [0.29, 0.717) is 29.2 Å². The van der Waals surface area contributed by atoms with Gasteiger partial charge >= 0.3 is 0 Å². The molecular formula is C32H36FN5. The van der Waals surface area contributed by atoms with Gasteiger partial charge in [-0.2, -0.15) is 0 Å². The lowest BCUT2D eigenvalue weighted by atomic mass is 9.97. The molecule has 3 rings (SSSR count). The highest BCUT2D eigenvalue weighted by Crippen LogP contribution is 2.30. The van der Waals surface area contributed by atoms with E-state index >= 15 is 4.39 Å². The van der Waals surface area contributed by atoms with Gasteiger partial charge in [0.1, 0.15) is 11.6 Å².